The lowest BCUT2D eigenvalue weighted by molar-refractivity contribution is -0.122. The third-order valence-electron chi connectivity index (χ3n) is 4.38. The van der Waals surface area contributed by atoms with E-state index in [2.05, 4.69) is 21.2 Å². The van der Waals surface area contributed by atoms with Gasteiger partial charge in [-0.05, 0) is 43.2 Å². The van der Waals surface area contributed by atoms with E-state index < -0.39 is 6.03 Å². The number of nitrogens with one attached hydrogen (secondary N) is 1. The van der Waals surface area contributed by atoms with Crippen LogP contribution in [0.15, 0.2) is 46.6 Å². The first-order chi connectivity index (χ1) is 13.4. The molecule has 1 aliphatic rings. The van der Waals surface area contributed by atoms with Gasteiger partial charge in [-0.2, -0.15) is 0 Å². The Bertz CT molecular complexity index is 938. The maximum Gasteiger partial charge on any atom is 0.328 e. The summed E-state index contributed by atoms with van der Waals surface area (Å²) in [7, 11) is 1.56. The van der Waals surface area contributed by atoms with Gasteiger partial charge in [0.05, 0.1) is 7.11 Å². The van der Waals surface area contributed by atoms with Gasteiger partial charge < -0.3 is 14.8 Å². The molecule has 6 nitrogen and oxygen atoms in total. The molecule has 7 heteroatoms. The largest absolute Gasteiger partial charge is 0.493 e. The number of nitrogens with zero attached hydrogens (tertiary/aromatic N) is 1. The Balaban J connectivity index is 1.83. The summed E-state index contributed by atoms with van der Waals surface area (Å²) >= 11 is 3.50. The van der Waals surface area contributed by atoms with Gasteiger partial charge in [0.2, 0.25) is 0 Å². The number of aryl methyl sites for hydroxylation is 1. The van der Waals surface area contributed by atoms with Crippen molar-refractivity contribution in [3.63, 3.8) is 0 Å². The third kappa shape index (κ3) is 4.20. The second kappa shape index (κ2) is 8.48. The summed E-state index contributed by atoms with van der Waals surface area (Å²) in [5.41, 5.74) is 3.16. The van der Waals surface area contributed by atoms with Crippen LogP contribution in [0.2, 0.25) is 0 Å². The van der Waals surface area contributed by atoms with Crippen molar-refractivity contribution in [1.82, 2.24) is 10.2 Å². The minimum atomic E-state index is -0.417. The molecule has 1 N–H and O–H groups in total. The maximum absolute atomic E-state index is 12.3. The van der Waals surface area contributed by atoms with Crippen LogP contribution in [0.25, 0.3) is 6.08 Å². The first-order valence-corrected chi connectivity index (χ1v) is 9.62. The zero-order valence-electron chi connectivity index (χ0n) is 15.9. The number of imide groups is 1. The molecule has 0 bridgehead atoms. The Morgan fingerprint density at radius 2 is 1.86 bits per heavy atom. The molecule has 0 spiro atoms. The molecule has 0 radical (unpaired) electrons. The van der Waals surface area contributed by atoms with Crippen LogP contribution in [0, 0.1) is 6.92 Å². The number of urea groups is 1. The number of rotatable bonds is 6. The van der Waals surface area contributed by atoms with E-state index in [1.54, 1.807) is 32.2 Å². The highest BCUT2D eigenvalue weighted by molar-refractivity contribution is 9.10. The Hall–Kier alpha value is -2.80. The van der Waals surface area contributed by atoms with Crippen molar-refractivity contribution in [2.75, 3.05) is 13.7 Å². The molecule has 28 heavy (non-hydrogen) atoms. The molecule has 0 atom stereocenters. The van der Waals surface area contributed by atoms with E-state index in [9.17, 15) is 9.59 Å². The van der Waals surface area contributed by atoms with E-state index in [-0.39, 0.29) is 11.6 Å². The monoisotopic (exact) mass is 444 g/mol. The summed E-state index contributed by atoms with van der Waals surface area (Å²) in [6.07, 6.45) is 1.62. The van der Waals surface area contributed by atoms with Crippen LogP contribution in [0.5, 0.6) is 11.5 Å². The van der Waals surface area contributed by atoms with Gasteiger partial charge in [0.15, 0.2) is 11.5 Å². The Kier molecular flexibility index (Phi) is 6.04. The molecule has 2 aromatic carbocycles. The smallest absolute Gasteiger partial charge is 0.328 e. The standard InChI is InChI=1S/C21H21BrN2O4/c1-4-24-20(25)17(23-21(24)26)9-15-10-18(27-3)19(11-16(15)22)28-12-14-7-5-13(2)6-8-14/h5-11H,4,12H2,1-3H3,(H,23,26)/b17-9+. The molecule has 1 aliphatic heterocycles. The molecule has 3 amide bonds. The van der Waals surface area contributed by atoms with E-state index in [4.69, 9.17) is 9.47 Å². The van der Waals surface area contributed by atoms with Gasteiger partial charge >= 0.3 is 6.03 Å². The van der Waals surface area contributed by atoms with E-state index in [0.29, 0.717) is 30.2 Å². The fourth-order valence-corrected chi connectivity index (χ4v) is 3.23. The fourth-order valence-electron chi connectivity index (χ4n) is 2.79. The zero-order chi connectivity index (χ0) is 20.3. The summed E-state index contributed by atoms with van der Waals surface area (Å²) in [5, 5.41) is 2.59. The molecule has 1 heterocycles. The van der Waals surface area contributed by atoms with Gasteiger partial charge in [-0.1, -0.05) is 45.8 Å². The Morgan fingerprint density at radius 1 is 1.14 bits per heavy atom. The SMILES string of the molecule is CCN1C(=O)N/C(=C/c2cc(OC)c(OCc3ccc(C)cc3)cc2Br)C1=O. The number of benzene rings is 2. The van der Waals surface area contributed by atoms with Crippen molar-refractivity contribution in [3.8, 4) is 11.5 Å². The molecule has 3 rings (SSSR count). The zero-order valence-corrected chi connectivity index (χ0v) is 17.5. The van der Waals surface area contributed by atoms with Gasteiger partial charge in [0.1, 0.15) is 12.3 Å². The number of hydrogen-bond acceptors (Lipinski definition) is 4. The van der Waals surface area contributed by atoms with Crippen LogP contribution in [-0.2, 0) is 11.4 Å². The van der Waals surface area contributed by atoms with Gasteiger partial charge in [-0.25, -0.2) is 4.79 Å². The first-order valence-electron chi connectivity index (χ1n) is 8.83. The summed E-state index contributed by atoms with van der Waals surface area (Å²) in [6, 6.07) is 11.2. The van der Waals surface area contributed by atoms with Gasteiger partial charge in [0.25, 0.3) is 5.91 Å². The lowest BCUT2D eigenvalue weighted by Crippen LogP contribution is -2.30. The predicted octanol–water partition coefficient (Wildman–Crippen LogP) is 4.26. The number of hydrogen-bond donors (Lipinski definition) is 1. The minimum Gasteiger partial charge on any atom is -0.493 e. The topological polar surface area (TPSA) is 67.9 Å². The molecule has 0 aliphatic carbocycles. The number of carbonyl (C=O) groups excluding carboxylic acids is 2. The molecule has 0 saturated carbocycles. The number of carbonyl (C=O) groups is 2. The Morgan fingerprint density at radius 3 is 2.46 bits per heavy atom. The number of amides is 3. The van der Waals surface area contributed by atoms with Gasteiger partial charge in [0, 0.05) is 11.0 Å². The predicted molar refractivity (Wildman–Crippen MR) is 110 cm³/mol. The van der Waals surface area contributed by atoms with Crippen molar-refractivity contribution < 1.29 is 19.1 Å². The van der Waals surface area contributed by atoms with Gasteiger partial charge in [-0.15, -0.1) is 0 Å². The number of halogens is 1. The Labute approximate surface area is 172 Å². The maximum atomic E-state index is 12.3. The van der Waals surface area contributed by atoms with Crippen molar-refractivity contribution in [3.05, 3.63) is 63.3 Å². The second-order valence-electron chi connectivity index (χ2n) is 6.34. The molecule has 2 aromatic rings. The highest BCUT2D eigenvalue weighted by atomic mass is 79.9. The molecule has 0 unspecified atom stereocenters. The van der Waals surface area contributed by atoms with Crippen LogP contribution in [0.1, 0.15) is 23.6 Å². The first kappa shape index (κ1) is 19.9. The molecular weight excluding hydrogens is 424 g/mol. The summed E-state index contributed by atoms with van der Waals surface area (Å²) in [6.45, 7) is 4.51. The van der Waals surface area contributed by atoms with Crippen molar-refractivity contribution in [2.45, 2.75) is 20.5 Å². The molecule has 1 fully saturated rings. The average Bonchev–Trinajstić information content (AvgIpc) is 2.95. The number of ether oxygens (including phenoxy) is 2. The van der Waals surface area contributed by atoms with E-state index in [1.807, 2.05) is 31.2 Å². The lowest BCUT2D eigenvalue weighted by Gasteiger charge is -2.13. The second-order valence-corrected chi connectivity index (χ2v) is 7.19. The number of likely N-dealkylation sites (N-methyl/N-ethyl adjacent to an activating group) is 1. The molecule has 0 aromatic heterocycles. The van der Waals surface area contributed by atoms with Crippen LogP contribution < -0.4 is 14.8 Å². The van der Waals surface area contributed by atoms with Crippen LogP contribution in [-0.4, -0.2) is 30.5 Å². The van der Waals surface area contributed by atoms with Crippen molar-refractivity contribution >= 4 is 33.9 Å². The van der Waals surface area contributed by atoms with Crippen molar-refractivity contribution in [2.24, 2.45) is 0 Å². The summed E-state index contributed by atoms with van der Waals surface area (Å²) < 4.78 is 12.1. The minimum absolute atomic E-state index is 0.225. The average molecular weight is 445 g/mol. The van der Waals surface area contributed by atoms with Crippen LogP contribution >= 0.6 is 15.9 Å². The molecule has 146 valence electrons. The van der Waals surface area contributed by atoms with Crippen LogP contribution in [0.4, 0.5) is 4.79 Å². The molecule has 1 saturated heterocycles. The highest BCUT2D eigenvalue weighted by Gasteiger charge is 2.32. The van der Waals surface area contributed by atoms with Crippen molar-refractivity contribution in [1.29, 1.82) is 0 Å². The number of methoxy groups -OCH3 is 1. The lowest BCUT2D eigenvalue weighted by atomic mass is 10.1. The molecular formula is C21H21BrN2O4. The van der Waals surface area contributed by atoms with E-state index in [0.717, 1.165) is 14.9 Å². The third-order valence-corrected chi connectivity index (χ3v) is 5.06. The van der Waals surface area contributed by atoms with Crippen LogP contribution in [0.3, 0.4) is 0 Å². The highest BCUT2D eigenvalue weighted by Crippen LogP contribution is 2.35. The fraction of sp³-hybridized carbons (Fsp3) is 0.238. The normalized spacial score (nSPS) is 15.1. The van der Waals surface area contributed by atoms with E-state index >= 15 is 0 Å². The summed E-state index contributed by atoms with van der Waals surface area (Å²) in [4.78, 5) is 25.2. The quantitative estimate of drug-likeness (QED) is 0.533. The van der Waals surface area contributed by atoms with Gasteiger partial charge in [-0.3, -0.25) is 9.69 Å². The van der Waals surface area contributed by atoms with E-state index in [1.165, 1.54) is 5.56 Å². The summed E-state index contributed by atoms with van der Waals surface area (Å²) in [5.74, 6) is 0.762.